The average Bonchev–Trinajstić information content (AvgIpc) is 3.13. The number of likely N-dealkylation sites (N-methyl/N-ethyl adjacent to an activating group) is 1. The van der Waals surface area contributed by atoms with Crippen LogP contribution in [0.2, 0.25) is 0 Å². The molecule has 0 aliphatic heterocycles. The fraction of sp³-hybridized carbons (Fsp3) is 0.333. The van der Waals surface area contributed by atoms with Crippen LogP contribution in [0.1, 0.15) is 23.7 Å². The molecule has 1 atom stereocenters. The van der Waals surface area contributed by atoms with Crippen LogP contribution < -0.4 is 10.1 Å². The normalized spacial score (nSPS) is 11.6. The standard InChI is InChI=1S/C18H22N2O4/c1-14(19-17(21)15-9-12-23-13-15)18(22)20(2)10-6-11-24-16-7-4-3-5-8-16/h3-5,7-9,12-14H,6,10-11H2,1-2H3,(H,19,21)/t14-/m0/s1. The molecule has 0 saturated heterocycles. The molecule has 0 unspecified atom stereocenters. The lowest BCUT2D eigenvalue weighted by Gasteiger charge is -2.22. The Labute approximate surface area is 141 Å². The average molecular weight is 330 g/mol. The van der Waals surface area contributed by atoms with Crippen LogP contribution >= 0.6 is 0 Å². The molecule has 2 amide bonds. The molecule has 0 saturated carbocycles. The molecule has 1 aromatic heterocycles. The van der Waals surface area contributed by atoms with Crippen LogP contribution in [0.3, 0.4) is 0 Å². The molecule has 0 radical (unpaired) electrons. The van der Waals surface area contributed by atoms with E-state index in [2.05, 4.69) is 5.32 Å². The largest absolute Gasteiger partial charge is 0.494 e. The summed E-state index contributed by atoms with van der Waals surface area (Å²) in [6, 6.07) is 10.5. The molecule has 0 aliphatic carbocycles. The van der Waals surface area contributed by atoms with Crippen molar-refractivity contribution < 1.29 is 18.7 Å². The first-order chi connectivity index (χ1) is 11.6. The Morgan fingerprint density at radius 2 is 2.00 bits per heavy atom. The fourth-order valence-electron chi connectivity index (χ4n) is 2.18. The number of carbonyl (C=O) groups excluding carboxylic acids is 2. The zero-order valence-electron chi connectivity index (χ0n) is 13.9. The Bertz CT molecular complexity index is 640. The van der Waals surface area contributed by atoms with Crippen molar-refractivity contribution in [2.45, 2.75) is 19.4 Å². The van der Waals surface area contributed by atoms with Gasteiger partial charge in [-0.2, -0.15) is 0 Å². The van der Waals surface area contributed by atoms with Crippen LogP contribution in [0.5, 0.6) is 5.75 Å². The molecule has 128 valence electrons. The first-order valence-electron chi connectivity index (χ1n) is 7.84. The van der Waals surface area contributed by atoms with Gasteiger partial charge < -0.3 is 19.4 Å². The van der Waals surface area contributed by atoms with Crippen molar-refractivity contribution in [3.8, 4) is 5.75 Å². The van der Waals surface area contributed by atoms with E-state index in [0.717, 1.165) is 5.75 Å². The minimum Gasteiger partial charge on any atom is -0.494 e. The summed E-state index contributed by atoms with van der Waals surface area (Å²) in [7, 11) is 1.71. The third kappa shape index (κ3) is 5.15. The SMILES string of the molecule is C[C@H](NC(=O)c1ccoc1)C(=O)N(C)CCCOc1ccccc1. The fourth-order valence-corrected chi connectivity index (χ4v) is 2.18. The first-order valence-corrected chi connectivity index (χ1v) is 7.84. The van der Waals surface area contributed by atoms with Crippen LogP contribution in [0.4, 0.5) is 0 Å². The Morgan fingerprint density at radius 1 is 1.25 bits per heavy atom. The second-order valence-electron chi connectivity index (χ2n) is 5.48. The molecule has 6 heteroatoms. The lowest BCUT2D eigenvalue weighted by atomic mass is 10.2. The maximum Gasteiger partial charge on any atom is 0.255 e. The van der Waals surface area contributed by atoms with E-state index in [9.17, 15) is 9.59 Å². The van der Waals surface area contributed by atoms with Gasteiger partial charge in [0.15, 0.2) is 0 Å². The number of rotatable bonds is 8. The number of hydrogen-bond acceptors (Lipinski definition) is 4. The summed E-state index contributed by atoms with van der Waals surface area (Å²) >= 11 is 0. The molecule has 2 aromatic rings. The molecule has 0 spiro atoms. The number of para-hydroxylation sites is 1. The van der Waals surface area contributed by atoms with Gasteiger partial charge in [-0.3, -0.25) is 9.59 Å². The molecule has 1 heterocycles. The summed E-state index contributed by atoms with van der Waals surface area (Å²) in [6.07, 6.45) is 3.47. The highest BCUT2D eigenvalue weighted by atomic mass is 16.5. The number of carbonyl (C=O) groups is 2. The van der Waals surface area contributed by atoms with Gasteiger partial charge in [-0.25, -0.2) is 0 Å². The smallest absolute Gasteiger partial charge is 0.255 e. The number of ether oxygens (including phenoxy) is 1. The zero-order chi connectivity index (χ0) is 17.4. The number of nitrogens with zero attached hydrogens (tertiary/aromatic N) is 1. The predicted octanol–water partition coefficient (Wildman–Crippen LogP) is 2.33. The van der Waals surface area contributed by atoms with Gasteiger partial charge in [-0.05, 0) is 31.5 Å². The summed E-state index contributed by atoms with van der Waals surface area (Å²) < 4.78 is 10.4. The third-order valence-corrected chi connectivity index (χ3v) is 3.53. The Hall–Kier alpha value is -2.76. The van der Waals surface area contributed by atoms with Crippen LogP contribution in [0, 0.1) is 0 Å². The van der Waals surface area contributed by atoms with E-state index in [4.69, 9.17) is 9.15 Å². The molecular formula is C18H22N2O4. The van der Waals surface area contributed by atoms with Crippen molar-refractivity contribution in [1.29, 1.82) is 0 Å². The second kappa shape index (κ2) is 8.76. The second-order valence-corrected chi connectivity index (χ2v) is 5.48. The lowest BCUT2D eigenvalue weighted by molar-refractivity contribution is -0.131. The van der Waals surface area contributed by atoms with Gasteiger partial charge in [0.05, 0.1) is 18.4 Å². The van der Waals surface area contributed by atoms with Gasteiger partial charge in [0.25, 0.3) is 5.91 Å². The maximum absolute atomic E-state index is 12.3. The number of furan rings is 1. The Balaban J connectivity index is 1.70. The van der Waals surface area contributed by atoms with Gasteiger partial charge in [-0.1, -0.05) is 18.2 Å². The monoisotopic (exact) mass is 330 g/mol. The minimum atomic E-state index is -0.604. The minimum absolute atomic E-state index is 0.147. The molecule has 0 bridgehead atoms. The molecule has 1 N–H and O–H groups in total. The first kappa shape index (κ1) is 17.6. The van der Waals surface area contributed by atoms with Gasteiger partial charge in [-0.15, -0.1) is 0 Å². The molecule has 2 rings (SSSR count). The molecule has 6 nitrogen and oxygen atoms in total. The van der Waals surface area contributed by atoms with Gasteiger partial charge in [0, 0.05) is 13.6 Å². The van der Waals surface area contributed by atoms with Crippen molar-refractivity contribution in [2.75, 3.05) is 20.2 Å². The highest BCUT2D eigenvalue weighted by Crippen LogP contribution is 2.08. The maximum atomic E-state index is 12.3. The lowest BCUT2D eigenvalue weighted by Crippen LogP contribution is -2.45. The highest BCUT2D eigenvalue weighted by Gasteiger charge is 2.20. The summed E-state index contributed by atoms with van der Waals surface area (Å²) in [5.74, 6) is 0.337. The highest BCUT2D eigenvalue weighted by molar-refractivity contribution is 5.97. The van der Waals surface area contributed by atoms with E-state index in [1.807, 2.05) is 30.3 Å². The van der Waals surface area contributed by atoms with Crippen molar-refractivity contribution in [1.82, 2.24) is 10.2 Å². The van der Waals surface area contributed by atoms with E-state index in [1.165, 1.54) is 12.5 Å². The zero-order valence-corrected chi connectivity index (χ0v) is 13.9. The van der Waals surface area contributed by atoms with E-state index < -0.39 is 6.04 Å². The van der Waals surface area contributed by atoms with Crippen LogP contribution in [-0.4, -0.2) is 43.0 Å². The molecule has 0 fully saturated rings. The predicted molar refractivity (Wildman–Crippen MR) is 89.8 cm³/mol. The van der Waals surface area contributed by atoms with E-state index >= 15 is 0 Å². The van der Waals surface area contributed by atoms with E-state index in [1.54, 1.807) is 24.9 Å². The van der Waals surface area contributed by atoms with E-state index in [-0.39, 0.29) is 11.8 Å². The Kier molecular flexibility index (Phi) is 6.42. The molecule has 24 heavy (non-hydrogen) atoms. The number of benzene rings is 1. The van der Waals surface area contributed by atoms with Crippen molar-refractivity contribution in [3.63, 3.8) is 0 Å². The molecular weight excluding hydrogens is 308 g/mol. The van der Waals surface area contributed by atoms with Gasteiger partial charge >= 0.3 is 0 Å². The van der Waals surface area contributed by atoms with E-state index in [0.29, 0.717) is 25.1 Å². The summed E-state index contributed by atoms with van der Waals surface area (Å²) in [5.41, 5.74) is 0.397. The summed E-state index contributed by atoms with van der Waals surface area (Å²) in [4.78, 5) is 25.7. The van der Waals surface area contributed by atoms with Gasteiger partial charge in [0.1, 0.15) is 18.1 Å². The Morgan fingerprint density at radius 3 is 2.67 bits per heavy atom. The van der Waals surface area contributed by atoms with Crippen molar-refractivity contribution >= 4 is 11.8 Å². The van der Waals surface area contributed by atoms with Gasteiger partial charge in [0.2, 0.25) is 5.91 Å². The quantitative estimate of drug-likeness (QED) is 0.754. The van der Waals surface area contributed by atoms with Crippen LogP contribution in [0.15, 0.2) is 53.3 Å². The van der Waals surface area contributed by atoms with Crippen molar-refractivity contribution in [3.05, 3.63) is 54.5 Å². The number of nitrogens with one attached hydrogen (secondary N) is 1. The summed E-state index contributed by atoms with van der Waals surface area (Å²) in [6.45, 7) is 2.74. The molecule has 1 aromatic carbocycles. The third-order valence-electron chi connectivity index (χ3n) is 3.53. The van der Waals surface area contributed by atoms with Crippen LogP contribution in [-0.2, 0) is 4.79 Å². The van der Waals surface area contributed by atoms with Crippen LogP contribution in [0.25, 0.3) is 0 Å². The number of hydrogen-bond donors (Lipinski definition) is 1. The summed E-state index contributed by atoms with van der Waals surface area (Å²) in [5, 5.41) is 2.66. The topological polar surface area (TPSA) is 71.8 Å². The molecule has 0 aliphatic rings. The number of amides is 2. The van der Waals surface area contributed by atoms with Crippen molar-refractivity contribution in [2.24, 2.45) is 0 Å².